The van der Waals surface area contributed by atoms with Gasteiger partial charge in [-0.05, 0) is 30.3 Å². The van der Waals surface area contributed by atoms with Crippen molar-refractivity contribution in [1.82, 2.24) is 4.90 Å². The number of nitrogens with zero attached hydrogens (tertiary/aromatic N) is 3. The summed E-state index contributed by atoms with van der Waals surface area (Å²) in [6, 6.07) is 7.72. The number of amides is 2. The zero-order valence-corrected chi connectivity index (χ0v) is 14.9. The topological polar surface area (TPSA) is 53.0 Å². The summed E-state index contributed by atoms with van der Waals surface area (Å²) in [7, 11) is 0. The monoisotopic (exact) mass is 367 g/mol. The summed E-state index contributed by atoms with van der Waals surface area (Å²) >= 11 is 5.94. The van der Waals surface area contributed by atoms with Crippen LogP contribution in [0.2, 0.25) is 5.02 Å². The number of aliphatic imine (C=N–C) groups is 1. The van der Waals surface area contributed by atoms with Gasteiger partial charge in [0.15, 0.2) is 0 Å². The van der Waals surface area contributed by atoms with Crippen LogP contribution in [0.4, 0.5) is 5.69 Å². The first-order valence-electron chi connectivity index (χ1n) is 8.60. The largest absolute Gasteiger partial charge is 0.368 e. The van der Waals surface area contributed by atoms with Gasteiger partial charge in [0.05, 0.1) is 11.6 Å². The number of fused-ring (bicyclic) bond motifs is 1. The molecule has 2 amide bonds. The molecule has 1 saturated heterocycles. The van der Waals surface area contributed by atoms with Crippen LogP contribution in [0, 0.1) is 5.92 Å². The Labute approximate surface area is 156 Å². The molecule has 2 aliphatic heterocycles. The molecule has 0 radical (unpaired) electrons. The lowest BCUT2D eigenvalue weighted by atomic mass is 9.87. The Morgan fingerprint density at radius 3 is 2.54 bits per heavy atom. The summed E-state index contributed by atoms with van der Waals surface area (Å²) in [4.78, 5) is 32.9. The summed E-state index contributed by atoms with van der Waals surface area (Å²) in [6.07, 6.45) is 8.81. The lowest BCUT2D eigenvalue weighted by Gasteiger charge is -2.37. The van der Waals surface area contributed by atoms with E-state index in [1.165, 1.54) is 6.08 Å². The molecule has 1 atom stereocenters. The molecule has 1 aromatic rings. The second kappa shape index (κ2) is 6.92. The van der Waals surface area contributed by atoms with Gasteiger partial charge in [-0.3, -0.25) is 9.59 Å². The van der Waals surface area contributed by atoms with E-state index >= 15 is 0 Å². The Hall–Kier alpha value is -2.66. The highest BCUT2D eigenvalue weighted by Crippen LogP contribution is 2.26. The Morgan fingerprint density at radius 2 is 1.81 bits per heavy atom. The fraction of sp³-hybridized carbons (Fsp3) is 0.250. The van der Waals surface area contributed by atoms with E-state index in [0.717, 1.165) is 18.8 Å². The van der Waals surface area contributed by atoms with Crippen LogP contribution in [0.25, 0.3) is 0 Å². The molecule has 1 unspecified atom stereocenters. The average Bonchev–Trinajstić information content (AvgIpc) is 2.67. The van der Waals surface area contributed by atoms with E-state index in [1.54, 1.807) is 6.08 Å². The molecule has 132 valence electrons. The van der Waals surface area contributed by atoms with Gasteiger partial charge in [0, 0.05) is 48.5 Å². The van der Waals surface area contributed by atoms with Crippen molar-refractivity contribution in [3.8, 4) is 0 Å². The first-order valence-corrected chi connectivity index (χ1v) is 8.98. The van der Waals surface area contributed by atoms with Gasteiger partial charge in [-0.1, -0.05) is 29.8 Å². The second-order valence-corrected chi connectivity index (χ2v) is 6.89. The van der Waals surface area contributed by atoms with Crippen LogP contribution in [0.1, 0.15) is 0 Å². The van der Waals surface area contributed by atoms with Gasteiger partial charge in [-0.2, -0.15) is 0 Å². The van der Waals surface area contributed by atoms with E-state index in [2.05, 4.69) is 9.89 Å². The van der Waals surface area contributed by atoms with Gasteiger partial charge in [0.1, 0.15) is 0 Å². The quantitative estimate of drug-likeness (QED) is 0.807. The number of benzene rings is 1. The molecule has 2 heterocycles. The predicted octanol–water partition coefficient (Wildman–Crippen LogP) is 2.64. The summed E-state index contributed by atoms with van der Waals surface area (Å²) in [5.74, 6) is -0.662. The Bertz CT molecular complexity index is 860. The van der Waals surface area contributed by atoms with Crippen molar-refractivity contribution >= 4 is 34.8 Å². The maximum atomic E-state index is 13.0. The molecule has 0 spiro atoms. The molecule has 1 aliphatic carbocycles. The third-order valence-electron chi connectivity index (χ3n) is 4.86. The van der Waals surface area contributed by atoms with Gasteiger partial charge in [0.2, 0.25) is 0 Å². The molecule has 0 bridgehead atoms. The predicted molar refractivity (Wildman–Crippen MR) is 103 cm³/mol. The third-order valence-corrected chi connectivity index (χ3v) is 5.11. The van der Waals surface area contributed by atoms with Crippen molar-refractivity contribution in [2.45, 2.75) is 0 Å². The lowest BCUT2D eigenvalue weighted by Crippen LogP contribution is -2.50. The molecule has 0 aromatic heterocycles. The summed E-state index contributed by atoms with van der Waals surface area (Å²) in [5, 5.41) is 0.712. The van der Waals surface area contributed by atoms with Crippen molar-refractivity contribution in [2.75, 3.05) is 31.1 Å². The zero-order valence-electron chi connectivity index (χ0n) is 14.1. The van der Waals surface area contributed by atoms with Gasteiger partial charge in [-0.25, -0.2) is 4.99 Å². The number of rotatable bonds is 2. The number of hydrogen-bond donors (Lipinski definition) is 0. The summed E-state index contributed by atoms with van der Waals surface area (Å²) < 4.78 is 0. The first-order chi connectivity index (χ1) is 12.6. The highest BCUT2D eigenvalue weighted by atomic mass is 35.5. The van der Waals surface area contributed by atoms with Crippen LogP contribution in [0.3, 0.4) is 0 Å². The van der Waals surface area contributed by atoms with Crippen LogP contribution in [-0.4, -0.2) is 48.6 Å². The van der Waals surface area contributed by atoms with Gasteiger partial charge in [-0.15, -0.1) is 0 Å². The smallest absolute Gasteiger partial charge is 0.270 e. The molecule has 4 rings (SSSR count). The number of halogens is 1. The van der Waals surface area contributed by atoms with Crippen molar-refractivity contribution in [3.05, 3.63) is 65.2 Å². The number of piperazine rings is 1. The maximum Gasteiger partial charge on any atom is 0.270 e. The molecular formula is C20H18ClN3O2. The summed E-state index contributed by atoms with van der Waals surface area (Å²) in [5.41, 5.74) is 2.26. The number of anilines is 1. The second-order valence-electron chi connectivity index (χ2n) is 6.45. The average molecular weight is 368 g/mol. The van der Waals surface area contributed by atoms with Crippen molar-refractivity contribution in [3.63, 3.8) is 0 Å². The molecule has 26 heavy (non-hydrogen) atoms. The normalized spacial score (nSPS) is 22.0. The number of carbonyl (C=O) groups is 2. The molecule has 5 nitrogen and oxygen atoms in total. The third kappa shape index (κ3) is 3.22. The van der Waals surface area contributed by atoms with E-state index in [4.69, 9.17) is 11.6 Å². The minimum absolute atomic E-state index is 0.0774. The fourth-order valence-electron chi connectivity index (χ4n) is 3.48. The zero-order chi connectivity index (χ0) is 18.1. The fourth-order valence-corrected chi connectivity index (χ4v) is 3.61. The van der Waals surface area contributed by atoms with Crippen molar-refractivity contribution in [1.29, 1.82) is 0 Å². The summed E-state index contributed by atoms with van der Waals surface area (Å²) in [6.45, 7) is 2.73. The maximum absolute atomic E-state index is 13.0. The van der Waals surface area contributed by atoms with Crippen LogP contribution in [-0.2, 0) is 9.59 Å². The number of allylic oxidation sites excluding steroid dienone is 4. The Balaban J connectivity index is 1.45. The molecule has 1 aromatic carbocycles. The lowest BCUT2D eigenvalue weighted by molar-refractivity contribution is -0.128. The van der Waals surface area contributed by atoms with Crippen LogP contribution in [0.5, 0.6) is 0 Å². The molecular weight excluding hydrogens is 350 g/mol. The van der Waals surface area contributed by atoms with Gasteiger partial charge >= 0.3 is 0 Å². The Kier molecular flexibility index (Phi) is 4.47. The van der Waals surface area contributed by atoms with Crippen LogP contribution in [0.15, 0.2) is 65.2 Å². The highest BCUT2D eigenvalue weighted by molar-refractivity contribution is 6.30. The van der Waals surface area contributed by atoms with Crippen LogP contribution >= 0.6 is 11.6 Å². The molecule has 3 aliphatic rings. The highest BCUT2D eigenvalue weighted by Gasteiger charge is 2.32. The number of carbonyl (C=O) groups excluding carboxylic acids is 2. The van der Waals surface area contributed by atoms with E-state index in [0.29, 0.717) is 29.4 Å². The number of hydrogen-bond acceptors (Lipinski definition) is 3. The molecule has 0 saturated carbocycles. The van der Waals surface area contributed by atoms with Crippen molar-refractivity contribution in [2.24, 2.45) is 10.9 Å². The van der Waals surface area contributed by atoms with E-state index in [1.807, 2.05) is 47.4 Å². The van der Waals surface area contributed by atoms with E-state index in [-0.39, 0.29) is 17.7 Å². The molecule has 6 heteroatoms. The van der Waals surface area contributed by atoms with Crippen molar-refractivity contribution < 1.29 is 9.59 Å². The first kappa shape index (κ1) is 16.8. The minimum atomic E-state index is -0.362. The number of dihydropyridines is 1. The molecule has 1 fully saturated rings. The standard InChI is InChI=1S/C20H18ClN3O2/c21-14-5-7-15(8-6-14)23-9-11-24(12-10-23)20(26)17-13-19(25)22-18-4-2-1-3-16(17)18/h1-8,13,16H,9-12H2. The van der Waals surface area contributed by atoms with Crippen LogP contribution < -0.4 is 4.90 Å². The van der Waals surface area contributed by atoms with Gasteiger partial charge in [0.25, 0.3) is 11.8 Å². The SMILES string of the molecule is O=C1C=C(C(=O)N2CCN(c3ccc(Cl)cc3)CC2)C2C=CC=CC2=N1. The van der Waals surface area contributed by atoms with Gasteiger partial charge < -0.3 is 9.80 Å². The van der Waals surface area contributed by atoms with E-state index in [9.17, 15) is 9.59 Å². The Morgan fingerprint density at radius 1 is 1.08 bits per heavy atom. The molecule has 0 N–H and O–H groups in total. The van der Waals surface area contributed by atoms with E-state index < -0.39 is 0 Å². The minimum Gasteiger partial charge on any atom is -0.368 e.